The van der Waals surface area contributed by atoms with Crippen molar-refractivity contribution in [3.8, 4) is 11.3 Å². The highest BCUT2D eigenvalue weighted by Crippen LogP contribution is 2.41. The van der Waals surface area contributed by atoms with Gasteiger partial charge in [-0.3, -0.25) is 9.88 Å². The first kappa shape index (κ1) is 22.8. The molecule has 0 spiro atoms. The number of alkyl halides is 3. The van der Waals surface area contributed by atoms with Crippen LogP contribution < -0.4 is 5.32 Å². The number of benzene rings is 1. The van der Waals surface area contributed by atoms with Gasteiger partial charge in [-0.15, -0.1) is 10.2 Å². The highest BCUT2D eigenvalue weighted by Gasteiger charge is 2.42. The summed E-state index contributed by atoms with van der Waals surface area (Å²) in [6.07, 6.45) is -1.04. The molecule has 1 aliphatic heterocycles. The fourth-order valence-corrected chi connectivity index (χ4v) is 5.54. The zero-order valence-electron chi connectivity index (χ0n) is 19.3. The molecular formula is C26H28F3N5. The van der Waals surface area contributed by atoms with E-state index < -0.39 is 11.7 Å². The van der Waals surface area contributed by atoms with Crippen LogP contribution in [-0.4, -0.2) is 39.2 Å². The minimum Gasteiger partial charge on any atom is -0.365 e. The van der Waals surface area contributed by atoms with Crippen molar-refractivity contribution < 1.29 is 13.2 Å². The molecule has 1 saturated carbocycles. The highest BCUT2D eigenvalue weighted by atomic mass is 19.4. The van der Waals surface area contributed by atoms with Crippen molar-refractivity contribution in [1.29, 1.82) is 0 Å². The molecular weight excluding hydrogens is 439 g/mol. The molecule has 3 heterocycles. The molecule has 0 unspecified atom stereocenters. The lowest BCUT2D eigenvalue weighted by molar-refractivity contribution is -0.137. The first-order valence-electron chi connectivity index (χ1n) is 11.7. The van der Waals surface area contributed by atoms with E-state index in [-0.39, 0.29) is 17.6 Å². The fraction of sp³-hybridized carbons (Fsp3) is 0.423. The summed E-state index contributed by atoms with van der Waals surface area (Å²) in [6.45, 7) is 6.54. The Morgan fingerprint density at radius 2 is 1.68 bits per heavy atom. The van der Waals surface area contributed by atoms with Gasteiger partial charge in [-0.05, 0) is 68.9 Å². The Bertz CT molecular complexity index is 1130. The van der Waals surface area contributed by atoms with Gasteiger partial charge in [0.25, 0.3) is 0 Å². The number of aryl methyl sites for hydroxylation is 2. The third kappa shape index (κ3) is 4.92. The minimum absolute atomic E-state index is 0.0329. The fourth-order valence-electron chi connectivity index (χ4n) is 5.54. The zero-order chi connectivity index (χ0) is 23.9. The van der Waals surface area contributed by atoms with Crippen molar-refractivity contribution in [3.05, 3.63) is 71.0 Å². The van der Waals surface area contributed by atoms with Gasteiger partial charge in [-0.1, -0.05) is 23.3 Å². The van der Waals surface area contributed by atoms with Crippen LogP contribution in [0.15, 0.2) is 48.7 Å². The van der Waals surface area contributed by atoms with E-state index >= 15 is 0 Å². The lowest BCUT2D eigenvalue weighted by Crippen LogP contribution is -2.26. The number of rotatable bonds is 5. The second-order valence-electron chi connectivity index (χ2n) is 9.71. The van der Waals surface area contributed by atoms with Gasteiger partial charge in [-0.25, -0.2) is 0 Å². The first-order valence-corrected chi connectivity index (χ1v) is 11.7. The largest absolute Gasteiger partial charge is 0.420 e. The van der Waals surface area contributed by atoms with E-state index in [4.69, 9.17) is 0 Å². The predicted octanol–water partition coefficient (Wildman–Crippen LogP) is 5.50. The molecule has 8 heteroatoms. The van der Waals surface area contributed by atoms with Crippen LogP contribution in [0.5, 0.6) is 0 Å². The quantitative estimate of drug-likeness (QED) is 0.537. The topological polar surface area (TPSA) is 53.9 Å². The van der Waals surface area contributed by atoms with E-state index in [1.165, 1.54) is 0 Å². The van der Waals surface area contributed by atoms with Crippen LogP contribution in [0.2, 0.25) is 0 Å². The monoisotopic (exact) mass is 467 g/mol. The van der Waals surface area contributed by atoms with E-state index in [1.54, 1.807) is 6.20 Å². The van der Waals surface area contributed by atoms with Crippen molar-refractivity contribution in [3.63, 3.8) is 0 Å². The Kier molecular flexibility index (Phi) is 6.02. The van der Waals surface area contributed by atoms with Crippen molar-refractivity contribution in [2.75, 3.05) is 18.4 Å². The van der Waals surface area contributed by atoms with Gasteiger partial charge >= 0.3 is 6.18 Å². The molecule has 1 N–H and O–H groups in total. The summed E-state index contributed by atoms with van der Waals surface area (Å²) in [5.74, 6) is 0.770. The molecule has 5 rings (SSSR count). The van der Waals surface area contributed by atoms with E-state index in [9.17, 15) is 13.2 Å². The normalized spacial score (nSPS) is 22.7. The zero-order valence-corrected chi connectivity index (χ0v) is 19.3. The van der Waals surface area contributed by atoms with Crippen LogP contribution >= 0.6 is 0 Å². The molecule has 3 atom stereocenters. The number of aromatic nitrogens is 3. The summed E-state index contributed by atoms with van der Waals surface area (Å²) in [6, 6.07) is 12.7. The number of nitrogens with one attached hydrogen (secondary N) is 1. The SMILES string of the molecule is Cc1cc(C)cc(-c2cc(C(F)(F)F)c(N[C@@H]3C[C@@H]4CN(Cc5ccccn5)C[C@@H]4C3)nn2)c1. The maximum absolute atomic E-state index is 13.9. The highest BCUT2D eigenvalue weighted by molar-refractivity contribution is 5.64. The third-order valence-electron chi connectivity index (χ3n) is 6.90. The molecule has 0 bridgehead atoms. The summed E-state index contributed by atoms with van der Waals surface area (Å²) in [5, 5.41) is 11.2. The number of hydrogen-bond acceptors (Lipinski definition) is 5. The lowest BCUT2D eigenvalue weighted by Gasteiger charge is -2.21. The molecule has 5 nitrogen and oxygen atoms in total. The average molecular weight is 468 g/mol. The smallest absolute Gasteiger partial charge is 0.365 e. The molecule has 2 aromatic heterocycles. The van der Waals surface area contributed by atoms with Crippen molar-refractivity contribution in [2.45, 2.75) is 45.5 Å². The Morgan fingerprint density at radius 1 is 0.971 bits per heavy atom. The Morgan fingerprint density at radius 3 is 2.29 bits per heavy atom. The van der Waals surface area contributed by atoms with Gasteiger partial charge in [0, 0.05) is 37.4 Å². The van der Waals surface area contributed by atoms with Gasteiger partial charge < -0.3 is 5.32 Å². The van der Waals surface area contributed by atoms with Gasteiger partial charge in [-0.2, -0.15) is 13.2 Å². The van der Waals surface area contributed by atoms with Crippen LogP contribution in [0.1, 0.15) is 35.2 Å². The summed E-state index contributed by atoms with van der Waals surface area (Å²) in [5.41, 5.74) is 3.12. The molecule has 3 aromatic rings. The molecule has 178 valence electrons. The summed E-state index contributed by atoms with van der Waals surface area (Å²) in [7, 11) is 0. The Hall–Kier alpha value is -3.00. The van der Waals surface area contributed by atoms with Crippen LogP contribution in [0.25, 0.3) is 11.3 Å². The summed E-state index contributed by atoms with van der Waals surface area (Å²) < 4.78 is 41.8. The number of anilines is 1. The lowest BCUT2D eigenvalue weighted by atomic mass is 10.0. The third-order valence-corrected chi connectivity index (χ3v) is 6.90. The summed E-state index contributed by atoms with van der Waals surface area (Å²) in [4.78, 5) is 6.80. The molecule has 1 saturated heterocycles. The minimum atomic E-state index is -4.51. The number of pyridine rings is 1. The van der Waals surface area contributed by atoms with E-state index in [1.807, 2.05) is 50.2 Å². The molecule has 0 radical (unpaired) electrons. The Balaban J connectivity index is 1.29. The molecule has 1 aliphatic carbocycles. The second-order valence-corrected chi connectivity index (χ2v) is 9.71. The van der Waals surface area contributed by atoms with Crippen molar-refractivity contribution in [1.82, 2.24) is 20.1 Å². The Labute approximate surface area is 197 Å². The van der Waals surface area contributed by atoms with Crippen molar-refractivity contribution in [2.24, 2.45) is 11.8 Å². The molecule has 1 aromatic carbocycles. The molecule has 2 aliphatic rings. The first-order chi connectivity index (χ1) is 16.2. The van der Waals surface area contributed by atoms with Crippen molar-refractivity contribution >= 4 is 5.82 Å². The van der Waals surface area contributed by atoms with Crippen LogP contribution in [0.3, 0.4) is 0 Å². The standard InChI is InChI=1S/C26H28F3N5/c1-16-7-17(2)9-18(8-16)24-12-23(26(27,28)29)25(33-32-24)31-22-10-19-13-34(14-20(19)11-22)15-21-5-3-4-6-30-21/h3-9,12,19-20,22H,10-11,13-15H2,1-2H3,(H,31,33)/t19-,20+,22-. The van der Waals surface area contributed by atoms with Crippen LogP contribution in [-0.2, 0) is 12.7 Å². The average Bonchev–Trinajstić information content (AvgIpc) is 3.31. The number of fused-ring (bicyclic) bond motifs is 1. The van der Waals surface area contributed by atoms with Gasteiger partial charge in [0.05, 0.1) is 11.4 Å². The summed E-state index contributed by atoms with van der Waals surface area (Å²) >= 11 is 0. The van der Waals surface area contributed by atoms with E-state index in [0.717, 1.165) is 55.4 Å². The van der Waals surface area contributed by atoms with Gasteiger partial charge in [0.15, 0.2) is 5.82 Å². The van der Waals surface area contributed by atoms with E-state index in [2.05, 4.69) is 25.4 Å². The predicted molar refractivity (Wildman–Crippen MR) is 125 cm³/mol. The number of hydrogen-bond donors (Lipinski definition) is 1. The van der Waals surface area contributed by atoms with Crippen LogP contribution in [0.4, 0.5) is 19.0 Å². The number of likely N-dealkylation sites (tertiary alicyclic amines) is 1. The second kappa shape index (κ2) is 8.98. The van der Waals surface area contributed by atoms with Gasteiger partial charge in [0.2, 0.25) is 0 Å². The van der Waals surface area contributed by atoms with Gasteiger partial charge in [0.1, 0.15) is 5.56 Å². The maximum Gasteiger partial charge on any atom is 0.420 e. The van der Waals surface area contributed by atoms with E-state index in [0.29, 0.717) is 17.4 Å². The molecule has 2 fully saturated rings. The molecule has 34 heavy (non-hydrogen) atoms. The molecule has 0 amide bonds. The maximum atomic E-state index is 13.9. The number of halogens is 3. The number of nitrogens with zero attached hydrogens (tertiary/aromatic N) is 4. The van der Waals surface area contributed by atoms with Crippen LogP contribution in [0, 0.1) is 25.7 Å².